The van der Waals surface area contributed by atoms with Crippen molar-refractivity contribution in [2.45, 2.75) is 26.4 Å². The van der Waals surface area contributed by atoms with Gasteiger partial charge in [-0.3, -0.25) is 9.89 Å². The van der Waals surface area contributed by atoms with Gasteiger partial charge in [-0.2, -0.15) is 5.10 Å². The van der Waals surface area contributed by atoms with E-state index < -0.39 is 0 Å². The smallest absolute Gasteiger partial charge is 0.251 e. The standard InChI is InChI=1S/C16H19FN4O2/c1-9-5-12(6-10(2)13(9)17)16(22)18-7-11-3-4-23-14(11)15-19-8-20-21-15/h5-6,8,11,14H,3-4,7H2,1-2H3,(H,18,22)(H,19,20,21)/t11-,14-/m0/s1. The summed E-state index contributed by atoms with van der Waals surface area (Å²) in [6, 6.07) is 3.13. The highest BCUT2D eigenvalue weighted by Crippen LogP contribution is 2.31. The number of H-pyrrole nitrogens is 1. The van der Waals surface area contributed by atoms with E-state index in [2.05, 4.69) is 20.5 Å². The van der Waals surface area contributed by atoms with Gasteiger partial charge in [-0.15, -0.1) is 0 Å². The topological polar surface area (TPSA) is 79.9 Å². The fourth-order valence-corrected chi connectivity index (χ4v) is 2.90. The maximum atomic E-state index is 13.6. The van der Waals surface area contributed by atoms with Crippen molar-refractivity contribution in [1.82, 2.24) is 20.5 Å². The molecule has 2 aromatic rings. The van der Waals surface area contributed by atoms with Gasteiger partial charge in [0.05, 0.1) is 0 Å². The third-order valence-electron chi connectivity index (χ3n) is 4.14. The maximum Gasteiger partial charge on any atom is 0.251 e. The number of carbonyl (C=O) groups excluding carboxylic acids is 1. The Bertz CT molecular complexity index is 679. The van der Waals surface area contributed by atoms with Gasteiger partial charge in [-0.05, 0) is 43.5 Å². The van der Waals surface area contributed by atoms with Crippen LogP contribution >= 0.6 is 0 Å². The zero-order valence-electron chi connectivity index (χ0n) is 13.1. The summed E-state index contributed by atoms with van der Waals surface area (Å²) in [5.41, 5.74) is 1.41. The molecule has 3 rings (SSSR count). The van der Waals surface area contributed by atoms with E-state index in [1.807, 2.05) is 0 Å². The van der Waals surface area contributed by atoms with E-state index in [1.165, 1.54) is 6.33 Å². The van der Waals surface area contributed by atoms with E-state index in [9.17, 15) is 9.18 Å². The summed E-state index contributed by atoms with van der Waals surface area (Å²) in [5.74, 6) is 0.334. The minimum atomic E-state index is -0.267. The lowest BCUT2D eigenvalue weighted by atomic mass is 10.0. The average Bonchev–Trinajstić information content (AvgIpc) is 3.20. The van der Waals surface area contributed by atoms with Crippen LogP contribution in [0.25, 0.3) is 0 Å². The molecule has 1 aliphatic heterocycles. The molecule has 1 aromatic carbocycles. The number of halogens is 1. The first-order valence-electron chi connectivity index (χ1n) is 7.58. The number of amides is 1. The molecule has 1 aliphatic rings. The first kappa shape index (κ1) is 15.6. The van der Waals surface area contributed by atoms with Crippen LogP contribution in [-0.2, 0) is 4.74 Å². The molecule has 0 radical (unpaired) electrons. The Balaban J connectivity index is 1.65. The van der Waals surface area contributed by atoms with Crippen LogP contribution in [-0.4, -0.2) is 34.2 Å². The van der Waals surface area contributed by atoms with Crippen molar-refractivity contribution < 1.29 is 13.9 Å². The second-order valence-corrected chi connectivity index (χ2v) is 5.84. The van der Waals surface area contributed by atoms with Gasteiger partial charge < -0.3 is 10.1 Å². The van der Waals surface area contributed by atoms with Gasteiger partial charge in [0.1, 0.15) is 18.2 Å². The summed E-state index contributed by atoms with van der Waals surface area (Å²) in [5, 5.41) is 9.55. The SMILES string of the molecule is Cc1cc(C(=O)NC[C@@H]2CCO[C@@H]2c2ncn[nH]2)cc(C)c1F. The fraction of sp³-hybridized carbons (Fsp3) is 0.438. The predicted octanol–water partition coefficient (Wildman–Crippen LogP) is 2.07. The molecule has 6 nitrogen and oxygen atoms in total. The van der Waals surface area contributed by atoms with Crippen LogP contribution in [0, 0.1) is 25.6 Å². The Morgan fingerprint density at radius 2 is 2.17 bits per heavy atom. The van der Waals surface area contributed by atoms with Crippen LogP contribution in [0.2, 0.25) is 0 Å². The minimum Gasteiger partial charge on any atom is -0.370 e. The first-order chi connectivity index (χ1) is 11.1. The van der Waals surface area contributed by atoms with Crippen LogP contribution in [0.5, 0.6) is 0 Å². The molecule has 0 unspecified atom stereocenters. The molecule has 1 amide bonds. The minimum absolute atomic E-state index is 0.134. The van der Waals surface area contributed by atoms with E-state index >= 15 is 0 Å². The van der Waals surface area contributed by atoms with E-state index in [1.54, 1.807) is 26.0 Å². The number of rotatable bonds is 4. The lowest BCUT2D eigenvalue weighted by Crippen LogP contribution is -2.31. The second-order valence-electron chi connectivity index (χ2n) is 5.84. The molecule has 0 saturated carbocycles. The van der Waals surface area contributed by atoms with Crippen LogP contribution < -0.4 is 5.32 Å². The number of nitrogens with zero attached hydrogens (tertiary/aromatic N) is 2. The molecule has 0 spiro atoms. The molecular formula is C16H19FN4O2. The quantitative estimate of drug-likeness (QED) is 0.904. The first-order valence-corrected chi connectivity index (χ1v) is 7.58. The normalized spacial score (nSPS) is 20.7. The lowest BCUT2D eigenvalue weighted by molar-refractivity contribution is 0.0799. The highest BCUT2D eigenvalue weighted by atomic mass is 19.1. The Morgan fingerprint density at radius 1 is 1.43 bits per heavy atom. The summed E-state index contributed by atoms with van der Waals surface area (Å²) < 4.78 is 19.3. The summed E-state index contributed by atoms with van der Waals surface area (Å²) in [6.45, 7) is 4.41. The summed E-state index contributed by atoms with van der Waals surface area (Å²) in [6.07, 6.45) is 2.10. The molecule has 0 aliphatic carbocycles. The molecule has 23 heavy (non-hydrogen) atoms. The molecule has 0 bridgehead atoms. The van der Waals surface area contributed by atoms with E-state index in [-0.39, 0.29) is 23.7 Å². The van der Waals surface area contributed by atoms with Gasteiger partial charge in [0.25, 0.3) is 5.91 Å². The lowest BCUT2D eigenvalue weighted by Gasteiger charge is -2.17. The Morgan fingerprint density at radius 3 is 2.83 bits per heavy atom. The second kappa shape index (κ2) is 6.45. The monoisotopic (exact) mass is 318 g/mol. The Kier molecular flexibility index (Phi) is 4.38. The number of aromatic amines is 1. The maximum absolute atomic E-state index is 13.6. The largest absolute Gasteiger partial charge is 0.370 e. The van der Waals surface area contributed by atoms with Crippen LogP contribution in [0.15, 0.2) is 18.5 Å². The number of ether oxygens (including phenoxy) is 1. The predicted molar refractivity (Wildman–Crippen MR) is 81.4 cm³/mol. The van der Waals surface area contributed by atoms with Crippen LogP contribution in [0.3, 0.4) is 0 Å². The van der Waals surface area contributed by atoms with Gasteiger partial charge in [-0.1, -0.05) is 0 Å². The van der Waals surface area contributed by atoms with Gasteiger partial charge >= 0.3 is 0 Å². The van der Waals surface area contributed by atoms with E-state index in [4.69, 9.17) is 4.74 Å². The summed E-state index contributed by atoms with van der Waals surface area (Å²) in [7, 11) is 0. The van der Waals surface area contributed by atoms with Crippen molar-refractivity contribution in [3.05, 3.63) is 46.8 Å². The van der Waals surface area contributed by atoms with Gasteiger partial charge in [-0.25, -0.2) is 9.37 Å². The van der Waals surface area contributed by atoms with E-state index in [0.29, 0.717) is 35.7 Å². The molecule has 122 valence electrons. The Labute approximate surface area is 133 Å². The van der Waals surface area contributed by atoms with E-state index in [0.717, 1.165) is 6.42 Å². The van der Waals surface area contributed by atoms with Crippen LogP contribution in [0.1, 0.15) is 39.8 Å². The van der Waals surface area contributed by atoms with Crippen molar-refractivity contribution in [2.24, 2.45) is 5.92 Å². The molecule has 2 N–H and O–H groups in total. The van der Waals surface area contributed by atoms with Gasteiger partial charge in [0.2, 0.25) is 0 Å². The molecule has 1 aromatic heterocycles. The molecule has 7 heteroatoms. The fourth-order valence-electron chi connectivity index (χ4n) is 2.90. The number of nitrogens with one attached hydrogen (secondary N) is 2. The third kappa shape index (κ3) is 3.24. The number of benzene rings is 1. The number of aryl methyl sites for hydroxylation is 2. The van der Waals surface area contributed by atoms with Gasteiger partial charge in [0, 0.05) is 24.6 Å². The zero-order valence-corrected chi connectivity index (χ0v) is 13.1. The van der Waals surface area contributed by atoms with Crippen LogP contribution in [0.4, 0.5) is 4.39 Å². The summed E-state index contributed by atoms with van der Waals surface area (Å²) >= 11 is 0. The molecule has 1 fully saturated rings. The number of carbonyl (C=O) groups is 1. The zero-order chi connectivity index (χ0) is 16.4. The molecular weight excluding hydrogens is 299 g/mol. The highest BCUT2D eigenvalue weighted by Gasteiger charge is 2.32. The van der Waals surface area contributed by atoms with Crippen molar-refractivity contribution in [1.29, 1.82) is 0 Å². The molecule has 2 heterocycles. The Hall–Kier alpha value is -2.28. The molecule has 2 atom stereocenters. The van der Waals surface area contributed by atoms with Gasteiger partial charge in [0.15, 0.2) is 5.82 Å². The number of hydrogen-bond acceptors (Lipinski definition) is 4. The van der Waals surface area contributed by atoms with Crippen molar-refractivity contribution >= 4 is 5.91 Å². The van der Waals surface area contributed by atoms with Crippen molar-refractivity contribution in [2.75, 3.05) is 13.2 Å². The summed E-state index contributed by atoms with van der Waals surface area (Å²) in [4.78, 5) is 16.4. The van der Waals surface area contributed by atoms with Crippen molar-refractivity contribution in [3.63, 3.8) is 0 Å². The number of aromatic nitrogens is 3. The third-order valence-corrected chi connectivity index (χ3v) is 4.14. The number of hydrogen-bond donors (Lipinski definition) is 2. The average molecular weight is 318 g/mol. The highest BCUT2D eigenvalue weighted by molar-refractivity contribution is 5.94. The van der Waals surface area contributed by atoms with Crippen molar-refractivity contribution in [3.8, 4) is 0 Å². The molecule has 1 saturated heterocycles.